The van der Waals surface area contributed by atoms with Crippen molar-refractivity contribution in [2.45, 2.75) is 0 Å². The second-order valence-electron chi connectivity index (χ2n) is 7.37. The molecule has 0 aliphatic heterocycles. The number of anilines is 4. The first-order chi connectivity index (χ1) is 15.7. The number of nitrogens with zero attached hydrogens (tertiary/aromatic N) is 2. The van der Waals surface area contributed by atoms with Crippen LogP contribution in [-0.2, 0) is 9.40 Å². The Morgan fingerprint density at radius 2 is 1.67 bits per heavy atom. The number of aromatic nitrogens is 2. The fraction of sp³-hybridized carbons (Fsp3) is 0.182. The van der Waals surface area contributed by atoms with Crippen molar-refractivity contribution in [3.63, 3.8) is 0 Å². The van der Waals surface area contributed by atoms with Crippen LogP contribution in [0.25, 0.3) is 0 Å². The van der Waals surface area contributed by atoms with Crippen LogP contribution in [-0.4, -0.2) is 49.3 Å². The maximum Gasteiger partial charge on any atom is 0.274 e. The predicted octanol–water partition coefficient (Wildman–Crippen LogP) is 2.86. The fourth-order valence-electron chi connectivity index (χ4n) is 3.00. The molecule has 0 spiro atoms. The number of hydroxylamine groups is 1. The van der Waals surface area contributed by atoms with Gasteiger partial charge in [0, 0.05) is 29.8 Å². The maximum atomic E-state index is 12.7. The Kier molecular flexibility index (Phi) is 7.42. The summed E-state index contributed by atoms with van der Waals surface area (Å²) in [5, 5.41) is 9.39. The van der Waals surface area contributed by atoms with E-state index in [0.29, 0.717) is 22.2 Å². The summed E-state index contributed by atoms with van der Waals surface area (Å²) in [5.74, 6) is -0.257. The van der Waals surface area contributed by atoms with Crippen molar-refractivity contribution in [1.82, 2.24) is 20.8 Å². The Morgan fingerprint density at radius 1 is 0.970 bits per heavy atom. The fourth-order valence-corrected chi connectivity index (χ4v) is 4.16. The zero-order valence-corrected chi connectivity index (χ0v) is 19.6. The molecular formula is C22H25N6O4P. The lowest BCUT2D eigenvalue weighted by Gasteiger charge is -2.17. The van der Waals surface area contributed by atoms with Crippen LogP contribution in [0.5, 0.6) is 0 Å². The van der Waals surface area contributed by atoms with Crippen molar-refractivity contribution < 1.29 is 19.0 Å². The highest BCUT2D eigenvalue weighted by molar-refractivity contribution is 7.70. The molecule has 0 bridgehead atoms. The summed E-state index contributed by atoms with van der Waals surface area (Å²) in [4.78, 5) is 37.5. The molecule has 3 aromatic rings. The summed E-state index contributed by atoms with van der Waals surface area (Å²) < 4.78 is 12.7. The van der Waals surface area contributed by atoms with Crippen molar-refractivity contribution in [1.29, 1.82) is 0 Å². The van der Waals surface area contributed by atoms with Crippen molar-refractivity contribution in [2.24, 2.45) is 0 Å². The van der Waals surface area contributed by atoms with E-state index in [9.17, 15) is 14.2 Å². The van der Waals surface area contributed by atoms with Gasteiger partial charge in [-0.15, -0.1) is 0 Å². The largest absolute Gasteiger partial charge is 0.355 e. The number of amides is 2. The zero-order valence-electron chi connectivity index (χ0n) is 18.7. The average molecular weight is 468 g/mol. The first-order valence-electron chi connectivity index (χ1n) is 9.94. The summed E-state index contributed by atoms with van der Waals surface area (Å²) in [5.41, 5.74) is 4.12. The smallest absolute Gasteiger partial charge is 0.274 e. The second kappa shape index (κ2) is 10.2. The van der Waals surface area contributed by atoms with Gasteiger partial charge in [-0.25, -0.2) is 10.5 Å². The normalized spacial score (nSPS) is 10.9. The lowest BCUT2D eigenvalue weighted by Crippen LogP contribution is -2.21. The molecule has 172 valence electrons. The van der Waals surface area contributed by atoms with E-state index in [1.807, 2.05) is 12.1 Å². The van der Waals surface area contributed by atoms with E-state index < -0.39 is 7.14 Å². The molecule has 2 aromatic carbocycles. The van der Waals surface area contributed by atoms with E-state index in [1.165, 1.54) is 20.4 Å². The van der Waals surface area contributed by atoms with Gasteiger partial charge in [-0.05, 0) is 49.7 Å². The van der Waals surface area contributed by atoms with Gasteiger partial charge in [0.15, 0.2) is 0 Å². The molecule has 2 amide bonds. The molecular weight excluding hydrogens is 443 g/mol. The van der Waals surface area contributed by atoms with E-state index in [-0.39, 0.29) is 29.1 Å². The van der Waals surface area contributed by atoms with Crippen molar-refractivity contribution in [3.8, 4) is 0 Å². The standard InChI is InChI=1S/C22H25N6O4P/c1-23-21(30)16-13-24-22(25-15-11-9-14(10-12-15)20(29)28-32-2)27-19(16)26-17-7-5-6-8-18(17)33(3,4)31/h5-13H,1-4H3,(H,23,30)(H,28,29)(H2,24,25,26,27). The molecule has 10 nitrogen and oxygen atoms in total. The Hall–Kier alpha value is -3.75. The lowest BCUT2D eigenvalue weighted by atomic mass is 10.2. The van der Waals surface area contributed by atoms with Crippen molar-refractivity contribution in [3.05, 3.63) is 65.9 Å². The second-order valence-corrected chi connectivity index (χ2v) is 10.5. The molecule has 0 radical (unpaired) electrons. The minimum Gasteiger partial charge on any atom is -0.355 e. The SMILES string of the molecule is CNC(=O)c1cnc(Nc2ccc(C(=O)NOC)cc2)nc1Nc1ccccc1P(C)(C)=O. The Balaban J connectivity index is 1.92. The molecule has 0 fully saturated rings. The van der Waals surface area contributed by atoms with Crippen LogP contribution >= 0.6 is 7.14 Å². The van der Waals surface area contributed by atoms with Gasteiger partial charge in [0.25, 0.3) is 11.8 Å². The number of benzene rings is 2. The minimum absolute atomic E-state index is 0.228. The highest BCUT2D eigenvalue weighted by Gasteiger charge is 2.19. The summed E-state index contributed by atoms with van der Waals surface area (Å²) in [6.45, 7) is 3.35. The highest BCUT2D eigenvalue weighted by Crippen LogP contribution is 2.38. The molecule has 0 atom stereocenters. The third-order valence-corrected chi connectivity index (χ3v) is 6.15. The van der Waals surface area contributed by atoms with Gasteiger partial charge < -0.3 is 20.5 Å². The van der Waals surface area contributed by atoms with Gasteiger partial charge in [-0.3, -0.25) is 14.4 Å². The molecule has 0 unspecified atom stereocenters. The van der Waals surface area contributed by atoms with Gasteiger partial charge in [-0.1, -0.05) is 12.1 Å². The van der Waals surface area contributed by atoms with E-state index in [4.69, 9.17) is 0 Å². The molecule has 0 saturated heterocycles. The van der Waals surface area contributed by atoms with Gasteiger partial charge in [0.2, 0.25) is 5.95 Å². The van der Waals surface area contributed by atoms with Crippen LogP contribution < -0.4 is 26.7 Å². The maximum absolute atomic E-state index is 12.7. The van der Waals surface area contributed by atoms with E-state index in [0.717, 1.165) is 0 Å². The van der Waals surface area contributed by atoms with Crippen LogP contribution in [0.2, 0.25) is 0 Å². The van der Waals surface area contributed by atoms with Gasteiger partial charge in [-0.2, -0.15) is 4.98 Å². The summed E-state index contributed by atoms with van der Waals surface area (Å²) in [7, 11) is 0.285. The molecule has 11 heteroatoms. The monoisotopic (exact) mass is 468 g/mol. The van der Waals surface area contributed by atoms with Crippen LogP contribution in [0.3, 0.4) is 0 Å². The lowest BCUT2D eigenvalue weighted by molar-refractivity contribution is 0.0537. The third kappa shape index (κ3) is 5.94. The molecule has 0 aliphatic carbocycles. The number of hydrogen-bond donors (Lipinski definition) is 4. The summed E-state index contributed by atoms with van der Waals surface area (Å²) in [6.07, 6.45) is 1.40. The van der Waals surface area contributed by atoms with Gasteiger partial charge in [0.1, 0.15) is 18.5 Å². The quantitative estimate of drug-likeness (QED) is 0.293. The number of para-hydroxylation sites is 1. The number of nitrogens with one attached hydrogen (secondary N) is 4. The molecule has 4 N–H and O–H groups in total. The van der Waals surface area contributed by atoms with Crippen LogP contribution in [0.4, 0.5) is 23.1 Å². The van der Waals surface area contributed by atoms with Crippen LogP contribution in [0.1, 0.15) is 20.7 Å². The van der Waals surface area contributed by atoms with Crippen LogP contribution in [0, 0.1) is 0 Å². The summed E-state index contributed by atoms with van der Waals surface area (Å²) in [6, 6.07) is 13.8. The van der Waals surface area contributed by atoms with Crippen LogP contribution in [0.15, 0.2) is 54.7 Å². The molecule has 33 heavy (non-hydrogen) atoms. The Labute approximate surface area is 191 Å². The number of hydrogen-bond acceptors (Lipinski definition) is 8. The first kappa shape index (κ1) is 23.9. The summed E-state index contributed by atoms with van der Waals surface area (Å²) >= 11 is 0. The zero-order chi connectivity index (χ0) is 24.0. The topological polar surface area (TPSA) is 134 Å². The van der Waals surface area contributed by atoms with E-state index in [2.05, 4.69) is 36.2 Å². The van der Waals surface area contributed by atoms with Gasteiger partial charge in [0.05, 0.1) is 12.8 Å². The predicted molar refractivity (Wildman–Crippen MR) is 128 cm³/mol. The van der Waals surface area contributed by atoms with Crippen molar-refractivity contribution in [2.75, 3.05) is 38.1 Å². The third-order valence-electron chi connectivity index (χ3n) is 4.60. The molecule has 1 heterocycles. The molecule has 1 aromatic heterocycles. The van der Waals surface area contributed by atoms with Gasteiger partial charge >= 0.3 is 0 Å². The number of carbonyl (C=O) groups is 2. The van der Waals surface area contributed by atoms with Crippen molar-refractivity contribution >= 4 is 47.4 Å². The average Bonchev–Trinajstić information content (AvgIpc) is 2.79. The Morgan fingerprint density at radius 3 is 2.30 bits per heavy atom. The Bertz CT molecular complexity index is 1210. The van der Waals surface area contributed by atoms with E-state index in [1.54, 1.807) is 49.7 Å². The number of carbonyl (C=O) groups excluding carboxylic acids is 2. The molecule has 0 saturated carbocycles. The minimum atomic E-state index is -2.59. The number of rotatable bonds is 8. The first-order valence-corrected chi connectivity index (χ1v) is 12.5. The highest BCUT2D eigenvalue weighted by atomic mass is 31.2. The van der Waals surface area contributed by atoms with E-state index >= 15 is 0 Å². The molecule has 3 rings (SSSR count). The molecule has 0 aliphatic rings.